The van der Waals surface area contributed by atoms with E-state index in [-0.39, 0.29) is 11.5 Å². The fraction of sp³-hybridized carbons (Fsp3) is 0.242. The number of nitrogens with zero attached hydrogens (tertiary/aromatic N) is 2. The van der Waals surface area contributed by atoms with E-state index < -0.39 is 0 Å². The summed E-state index contributed by atoms with van der Waals surface area (Å²) in [6, 6.07) is 39.3. The quantitative estimate of drug-likeness (QED) is 0.202. The molecule has 4 aromatic rings. The molecule has 0 bridgehead atoms. The van der Waals surface area contributed by atoms with Crippen molar-refractivity contribution in [2.24, 2.45) is 10.5 Å². The van der Waals surface area contributed by atoms with Gasteiger partial charge < -0.3 is 10.1 Å². The summed E-state index contributed by atoms with van der Waals surface area (Å²) < 4.78 is 6.07. The highest BCUT2D eigenvalue weighted by Gasteiger charge is 2.48. The van der Waals surface area contributed by atoms with Crippen LogP contribution in [-0.2, 0) is 11.3 Å². The van der Waals surface area contributed by atoms with E-state index in [1.807, 2.05) is 30.3 Å². The fourth-order valence-electron chi connectivity index (χ4n) is 5.21. The van der Waals surface area contributed by atoms with Gasteiger partial charge in [-0.05, 0) is 60.4 Å². The first-order valence-electron chi connectivity index (χ1n) is 13.2. The summed E-state index contributed by atoms with van der Waals surface area (Å²) in [5.41, 5.74) is 5.35. The number of ether oxygens (including phenoxy) is 1. The number of nitrogens with one attached hydrogen (secondary N) is 1. The summed E-state index contributed by atoms with van der Waals surface area (Å²) in [5, 5.41) is 11.9. The number of halogens is 1. The Hall–Kier alpha value is -3.60. The number of para-hydroxylation sites is 2. The molecule has 1 aliphatic rings. The van der Waals surface area contributed by atoms with Crippen molar-refractivity contribution >= 4 is 28.7 Å². The van der Waals surface area contributed by atoms with Gasteiger partial charge in [-0.1, -0.05) is 97.4 Å². The Bertz CT molecular complexity index is 1310. The second-order valence-electron chi connectivity index (χ2n) is 9.96. The molecule has 2 unspecified atom stereocenters. The number of anilines is 2. The topological polar surface area (TPSA) is 36.9 Å². The molecule has 0 aliphatic carbocycles. The van der Waals surface area contributed by atoms with Crippen molar-refractivity contribution in [1.29, 1.82) is 0 Å². The lowest BCUT2D eigenvalue weighted by molar-refractivity contribution is 0.111. The van der Waals surface area contributed by atoms with Gasteiger partial charge in [0.05, 0.1) is 24.0 Å². The minimum atomic E-state index is -0.221. The van der Waals surface area contributed by atoms with Crippen LogP contribution in [0.5, 0.6) is 0 Å². The normalized spacial score (nSPS) is 18.8. The Morgan fingerprint density at radius 3 is 2.16 bits per heavy atom. The summed E-state index contributed by atoms with van der Waals surface area (Å²) in [7, 11) is 0. The molecule has 1 aliphatic heterocycles. The maximum atomic E-state index is 6.25. The highest BCUT2D eigenvalue weighted by atomic mass is 35.5. The van der Waals surface area contributed by atoms with Gasteiger partial charge in [-0.25, -0.2) is 0 Å². The average molecular weight is 524 g/mol. The van der Waals surface area contributed by atoms with E-state index >= 15 is 0 Å². The van der Waals surface area contributed by atoms with Gasteiger partial charge in [0.1, 0.15) is 0 Å². The Morgan fingerprint density at radius 2 is 1.47 bits per heavy atom. The lowest BCUT2D eigenvalue weighted by Gasteiger charge is -2.36. The fourth-order valence-corrected chi connectivity index (χ4v) is 5.33. The van der Waals surface area contributed by atoms with E-state index in [9.17, 15) is 0 Å². The summed E-state index contributed by atoms with van der Waals surface area (Å²) in [6.07, 6.45) is 1.87. The molecule has 4 nitrogen and oxygen atoms in total. The molecule has 38 heavy (non-hydrogen) atoms. The lowest BCUT2D eigenvalue weighted by Crippen LogP contribution is -2.46. The largest absolute Gasteiger partial charge is 0.383 e. The Kier molecular flexibility index (Phi) is 8.42. The smallest absolute Gasteiger partial charge is 0.0808 e. The number of benzene rings is 4. The molecule has 0 amide bonds. The highest BCUT2D eigenvalue weighted by molar-refractivity contribution is 6.30. The van der Waals surface area contributed by atoms with E-state index in [0.717, 1.165) is 47.1 Å². The summed E-state index contributed by atoms with van der Waals surface area (Å²) >= 11 is 6.25. The Labute approximate surface area is 230 Å². The minimum Gasteiger partial charge on any atom is -0.383 e. The molecule has 0 radical (unpaired) electrons. The monoisotopic (exact) mass is 523 g/mol. The second-order valence-corrected chi connectivity index (χ2v) is 10.4. The van der Waals surface area contributed by atoms with Crippen LogP contribution in [-0.4, -0.2) is 24.9 Å². The van der Waals surface area contributed by atoms with Gasteiger partial charge in [-0.15, -0.1) is 0 Å². The second kappa shape index (κ2) is 12.3. The summed E-state index contributed by atoms with van der Waals surface area (Å²) in [5.74, 6) is 0. The average Bonchev–Trinajstić information content (AvgIpc) is 3.25. The van der Waals surface area contributed by atoms with Crippen molar-refractivity contribution in [2.75, 3.05) is 23.5 Å². The van der Waals surface area contributed by atoms with Crippen LogP contribution in [0.4, 0.5) is 11.4 Å². The molecule has 1 heterocycles. The molecule has 0 aromatic heterocycles. The number of hydrazone groups is 1. The first kappa shape index (κ1) is 26.0. The number of rotatable bonds is 11. The zero-order chi connectivity index (χ0) is 26.2. The van der Waals surface area contributed by atoms with Crippen LogP contribution in [0, 0.1) is 5.41 Å². The third kappa shape index (κ3) is 6.09. The molecule has 0 saturated heterocycles. The van der Waals surface area contributed by atoms with Crippen LogP contribution in [0.15, 0.2) is 120 Å². The molecule has 1 N–H and O–H groups in total. The first-order valence-corrected chi connectivity index (χ1v) is 13.6. The van der Waals surface area contributed by atoms with Gasteiger partial charge in [-0.3, -0.25) is 5.01 Å². The Balaban J connectivity index is 1.41. The molecule has 5 heteroatoms. The molecule has 5 rings (SSSR count). The van der Waals surface area contributed by atoms with Crippen LogP contribution in [0.25, 0.3) is 0 Å². The van der Waals surface area contributed by atoms with Gasteiger partial charge in [0.15, 0.2) is 0 Å². The zero-order valence-electron chi connectivity index (χ0n) is 21.8. The van der Waals surface area contributed by atoms with Crippen LogP contribution in [0.2, 0.25) is 5.02 Å². The van der Waals surface area contributed by atoms with Gasteiger partial charge in [0, 0.05) is 29.3 Å². The van der Waals surface area contributed by atoms with E-state index in [2.05, 4.69) is 102 Å². The highest BCUT2D eigenvalue weighted by Crippen LogP contribution is 2.43. The molecular formula is C33H34ClN3O. The molecule has 0 spiro atoms. The lowest BCUT2D eigenvalue weighted by atomic mass is 9.72. The van der Waals surface area contributed by atoms with Crippen molar-refractivity contribution in [2.45, 2.75) is 32.4 Å². The maximum Gasteiger partial charge on any atom is 0.0808 e. The molecule has 194 valence electrons. The van der Waals surface area contributed by atoms with E-state index in [4.69, 9.17) is 21.4 Å². The van der Waals surface area contributed by atoms with Crippen molar-refractivity contribution in [1.82, 2.24) is 0 Å². The van der Waals surface area contributed by atoms with Crippen molar-refractivity contribution < 1.29 is 4.74 Å². The van der Waals surface area contributed by atoms with Crippen molar-refractivity contribution in [3.63, 3.8) is 0 Å². The third-order valence-corrected chi connectivity index (χ3v) is 7.54. The SMILES string of the molecule is CC1(CCCOCc2ccccc2)C(c2ccc(Cl)cc2)=NN(c2ccccc2)C1CNc1ccccc1. The first-order chi connectivity index (χ1) is 18.6. The number of hydrogen-bond acceptors (Lipinski definition) is 4. The minimum absolute atomic E-state index is 0.102. The van der Waals surface area contributed by atoms with Gasteiger partial charge in [-0.2, -0.15) is 5.10 Å². The van der Waals surface area contributed by atoms with Gasteiger partial charge in [0.2, 0.25) is 0 Å². The van der Waals surface area contributed by atoms with E-state index in [1.165, 1.54) is 5.56 Å². The molecular weight excluding hydrogens is 490 g/mol. The standard InChI is InChI=1S/C33H34ClN3O/c1-33(22-11-23-38-25-26-12-5-2-6-13-26)31(24-35-29-14-7-3-8-15-29)37(30-16-9-4-10-17-30)36-32(33)27-18-20-28(34)21-19-27/h2-10,12-21,31,35H,11,22-25H2,1H3. The number of hydrogen-bond donors (Lipinski definition) is 1. The predicted molar refractivity (Wildman–Crippen MR) is 159 cm³/mol. The van der Waals surface area contributed by atoms with Crippen molar-refractivity contribution in [3.8, 4) is 0 Å². The summed E-state index contributed by atoms with van der Waals surface area (Å²) in [4.78, 5) is 0. The molecule has 4 aromatic carbocycles. The van der Waals surface area contributed by atoms with Crippen LogP contribution in [0.1, 0.15) is 30.9 Å². The molecule has 0 fully saturated rings. The van der Waals surface area contributed by atoms with E-state index in [1.54, 1.807) is 0 Å². The van der Waals surface area contributed by atoms with Crippen LogP contribution < -0.4 is 10.3 Å². The van der Waals surface area contributed by atoms with Crippen LogP contribution in [0.3, 0.4) is 0 Å². The zero-order valence-corrected chi connectivity index (χ0v) is 22.5. The Morgan fingerprint density at radius 1 is 0.842 bits per heavy atom. The maximum absolute atomic E-state index is 6.25. The molecule has 2 atom stereocenters. The van der Waals surface area contributed by atoms with Gasteiger partial charge >= 0.3 is 0 Å². The third-order valence-electron chi connectivity index (χ3n) is 7.29. The van der Waals surface area contributed by atoms with Gasteiger partial charge in [0.25, 0.3) is 0 Å². The van der Waals surface area contributed by atoms with E-state index in [0.29, 0.717) is 13.2 Å². The molecule has 0 saturated carbocycles. The van der Waals surface area contributed by atoms with Crippen LogP contribution >= 0.6 is 11.6 Å². The van der Waals surface area contributed by atoms with Crippen molar-refractivity contribution in [3.05, 3.63) is 131 Å². The summed E-state index contributed by atoms with van der Waals surface area (Å²) in [6.45, 7) is 4.42. The predicted octanol–water partition coefficient (Wildman–Crippen LogP) is 8.05.